The van der Waals surface area contributed by atoms with Crippen molar-refractivity contribution < 1.29 is 97.6 Å². The summed E-state index contributed by atoms with van der Waals surface area (Å²) in [6, 6.07) is 36.2. The quantitative estimate of drug-likeness (QED) is 0.0196. The van der Waals surface area contributed by atoms with Crippen molar-refractivity contribution in [3.05, 3.63) is 190 Å². The summed E-state index contributed by atoms with van der Waals surface area (Å²) < 4.78 is 46.9. The molecule has 8 aromatic rings. The number of aromatic hydroxyl groups is 7. The molecule has 20 heteroatoms. The second-order valence-corrected chi connectivity index (χ2v) is 19.4. The monoisotopic (exact) mass is 1240 g/mol. The molecule has 0 aromatic heterocycles. The molecular formula is C70H76O20. The van der Waals surface area contributed by atoms with E-state index < -0.39 is 17.3 Å². The molecule has 0 fully saturated rings. The highest BCUT2D eigenvalue weighted by Gasteiger charge is 2.22. The van der Waals surface area contributed by atoms with E-state index in [4.69, 9.17) is 42.6 Å². The van der Waals surface area contributed by atoms with Crippen LogP contribution in [0.3, 0.4) is 0 Å². The summed E-state index contributed by atoms with van der Waals surface area (Å²) in [5, 5.41) is 70.0. The lowest BCUT2D eigenvalue weighted by Crippen LogP contribution is -2.04. The number of hydrogen-bond acceptors (Lipinski definition) is 20. The molecule has 8 rings (SSSR count). The number of phenols is 7. The molecule has 0 bridgehead atoms. The van der Waals surface area contributed by atoms with Crippen molar-refractivity contribution >= 4 is 23.1 Å². The van der Waals surface area contributed by atoms with E-state index in [0.29, 0.717) is 83.7 Å². The molecule has 8 aromatic carbocycles. The average molecular weight is 1240 g/mol. The maximum atomic E-state index is 12.6. The van der Waals surface area contributed by atoms with Gasteiger partial charge in [-0.05, 0) is 129 Å². The number of hydrogen-bond donors (Lipinski definition) is 7. The van der Waals surface area contributed by atoms with E-state index in [2.05, 4.69) is 13.8 Å². The van der Waals surface area contributed by atoms with Crippen molar-refractivity contribution in [1.82, 2.24) is 0 Å². The fraction of sp³-hybridized carbons (Fsp3) is 0.257. The van der Waals surface area contributed by atoms with Crippen molar-refractivity contribution in [3.63, 3.8) is 0 Å². The molecular weight excluding hydrogens is 1160 g/mol. The number of benzene rings is 8. The Morgan fingerprint density at radius 3 is 0.833 bits per heavy atom. The molecule has 0 saturated carbocycles. The van der Waals surface area contributed by atoms with Gasteiger partial charge in [0, 0.05) is 48.0 Å². The lowest BCUT2D eigenvalue weighted by Gasteiger charge is -2.11. The molecule has 0 unspecified atom stereocenters. The first-order chi connectivity index (χ1) is 43.3. The Balaban J connectivity index is 0.000000219. The summed E-state index contributed by atoms with van der Waals surface area (Å²) in [6.07, 6.45) is 4.71. The third kappa shape index (κ3) is 19.4. The number of carbonyl (C=O) groups is 4. The second kappa shape index (κ2) is 35.1. The highest BCUT2D eigenvalue weighted by atomic mass is 16.5. The van der Waals surface area contributed by atoms with E-state index in [0.717, 1.165) is 32.1 Å². The number of carbonyl (C=O) groups excluding carboxylic acids is 4. The molecule has 0 atom stereocenters. The van der Waals surface area contributed by atoms with Crippen LogP contribution in [0.15, 0.2) is 146 Å². The van der Waals surface area contributed by atoms with Gasteiger partial charge in [-0.1, -0.05) is 33.6 Å². The van der Waals surface area contributed by atoms with Crippen molar-refractivity contribution in [2.24, 2.45) is 0 Å². The lowest BCUT2D eigenvalue weighted by atomic mass is 10.0. The lowest BCUT2D eigenvalue weighted by molar-refractivity contribution is 0.102. The third-order valence-corrected chi connectivity index (χ3v) is 13.2. The predicted octanol–water partition coefficient (Wildman–Crippen LogP) is 13.2. The minimum atomic E-state index is -0.476. The third-order valence-electron chi connectivity index (χ3n) is 13.2. The number of phenolic OH excluding ortho intramolecular Hbond substituents is 7. The van der Waals surface area contributed by atoms with E-state index in [1.165, 1.54) is 120 Å². The number of rotatable bonds is 26. The van der Waals surface area contributed by atoms with Crippen molar-refractivity contribution in [3.8, 4) is 92.0 Å². The predicted molar refractivity (Wildman–Crippen MR) is 337 cm³/mol. The van der Waals surface area contributed by atoms with E-state index >= 15 is 0 Å². The highest BCUT2D eigenvalue weighted by Crippen LogP contribution is 2.35. The molecule has 0 heterocycles. The Hall–Kier alpha value is -10.8. The fourth-order valence-corrected chi connectivity index (χ4v) is 8.29. The summed E-state index contributed by atoms with van der Waals surface area (Å²) in [7, 11) is 7.45. The van der Waals surface area contributed by atoms with Gasteiger partial charge in [-0.15, -0.1) is 0 Å². The Labute approximate surface area is 522 Å². The topological polar surface area (TPSA) is 293 Å². The van der Waals surface area contributed by atoms with Crippen LogP contribution in [0, 0.1) is 0 Å². The average Bonchev–Trinajstić information content (AvgIpc) is 3.27. The van der Waals surface area contributed by atoms with Crippen LogP contribution in [0.5, 0.6) is 92.0 Å². The summed E-state index contributed by atoms with van der Waals surface area (Å²) in [5.41, 5.74) is 1.21. The molecule has 0 aliphatic rings. The van der Waals surface area contributed by atoms with Crippen molar-refractivity contribution in [1.29, 1.82) is 0 Å². The molecule has 0 spiro atoms. The van der Waals surface area contributed by atoms with Crippen LogP contribution < -0.4 is 42.6 Å². The van der Waals surface area contributed by atoms with Gasteiger partial charge in [-0.25, -0.2) is 0 Å². The van der Waals surface area contributed by atoms with Crippen LogP contribution in [-0.4, -0.2) is 121 Å². The number of ketones is 4. The normalized spacial score (nSPS) is 10.3. The molecule has 20 nitrogen and oxygen atoms in total. The van der Waals surface area contributed by atoms with Crippen LogP contribution >= 0.6 is 0 Å². The Kier molecular flexibility index (Phi) is 27.3. The van der Waals surface area contributed by atoms with Crippen LogP contribution in [0.4, 0.5) is 0 Å². The molecule has 0 amide bonds. The Morgan fingerprint density at radius 2 is 0.567 bits per heavy atom. The number of methoxy groups -OCH3 is 5. The fourth-order valence-electron chi connectivity index (χ4n) is 8.29. The zero-order valence-corrected chi connectivity index (χ0v) is 51.7. The Bertz CT molecular complexity index is 3640. The summed E-state index contributed by atoms with van der Waals surface area (Å²) in [5.74, 6) is 1.38. The number of ether oxygens (including phenoxy) is 9. The zero-order chi connectivity index (χ0) is 65.9. The van der Waals surface area contributed by atoms with Gasteiger partial charge in [-0.3, -0.25) is 19.2 Å². The second-order valence-electron chi connectivity index (χ2n) is 19.4. The van der Waals surface area contributed by atoms with Gasteiger partial charge in [-0.2, -0.15) is 0 Å². The Morgan fingerprint density at radius 1 is 0.289 bits per heavy atom. The van der Waals surface area contributed by atoms with Gasteiger partial charge < -0.3 is 78.4 Å². The number of unbranched alkanes of at least 4 members (excludes halogenated alkanes) is 2. The smallest absolute Gasteiger partial charge is 0.200 e. The highest BCUT2D eigenvalue weighted by molar-refractivity contribution is 6.14. The zero-order valence-electron chi connectivity index (χ0n) is 51.7. The van der Waals surface area contributed by atoms with Crippen molar-refractivity contribution in [2.75, 3.05) is 62.0 Å². The first kappa shape index (κ1) is 70.0. The first-order valence-corrected chi connectivity index (χ1v) is 28.6. The van der Waals surface area contributed by atoms with Gasteiger partial charge in [0.1, 0.15) is 80.5 Å². The molecule has 90 heavy (non-hydrogen) atoms. The van der Waals surface area contributed by atoms with E-state index in [-0.39, 0.29) is 85.0 Å². The van der Waals surface area contributed by atoms with Crippen LogP contribution in [0.2, 0.25) is 0 Å². The standard InChI is InChI=1S/C21H26O5.C17H18O5.2C16H16O5/c1-3-5-11-25-15-7-9-17(19(22)13-15)21(24)18-10-8-16(14-20(18)23)26-12-6-4-2;1-3-8-22-12-5-7-14(16(19)10-12)17(20)13-6-4-11(21-2)9-15(13)18;1-19-11-5-6-12(13(17)9-11)16(18)10-4-7-14(20-2)15(8-10)21-3;1-3-21-11-5-7-13(15(18)9-11)16(19)12-6-4-10(20-2)8-14(12)17/h7-10,13-14,22-23H,3-6,11-12H2,1-2H3;4-7,9-10,18-19H,3,8H2,1-2H3;4-9,17H,1-3H3;4-9,17-18H,3H2,1-2H3. The van der Waals surface area contributed by atoms with Gasteiger partial charge in [0.15, 0.2) is 34.6 Å². The maximum absolute atomic E-state index is 12.6. The van der Waals surface area contributed by atoms with Gasteiger partial charge in [0.05, 0.1) is 101 Å². The molecule has 0 aliphatic heterocycles. The maximum Gasteiger partial charge on any atom is 0.200 e. The first-order valence-electron chi connectivity index (χ1n) is 28.6. The minimum absolute atomic E-state index is 0.0928. The largest absolute Gasteiger partial charge is 0.507 e. The van der Waals surface area contributed by atoms with Gasteiger partial charge in [0.25, 0.3) is 0 Å². The van der Waals surface area contributed by atoms with Gasteiger partial charge in [0.2, 0.25) is 0 Å². The summed E-state index contributed by atoms with van der Waals surface area (Å²) in [4.78, 5) is 49.8. The van der Waals surface area contributed by atoms with Crippen LogP contribution in [0.25, 0.3) is 0 Å². The van der Waals surface area contributed by atoms with E-state index in [1.807, 2.05) is 13.8 Å². The van der Waals surface area contributed by atoms with E-state index in [1.54, 1.807) is 60.7 Å². The molecule has 476 valence electrons. The SMILES string of the molecule is CCCCOc1ccc(C(=O)c2ccc(OCCCC)cc2O)c(O)c1.CCCOc1ccc(C(=O)c2ccc(OC)cc2O)c(O)c1.CCOc1ccc(C(=O)c2ccc(OC)cc2O)c(O)c1.COc1ccc(C(=O)c2ccc(OC)c(OC)c2)c(O)c1. The molecule has 0 saturated heterocycles. The minimum Gasteiger partial charge on any atom is -0.507 e. The van der Waals surface area contributed by atoms with Crippen molar-refractivity contribution in [2.45, 2.75) is 59.8 Å². The summed E-state index contributed by atoms with van der Waals surface area (Å²) >= 11 is 0. The van der Waals surface area contributed by atoms with E-state index in [9.17, 15) is 54.9 Å². The summed E-state index contributed by atoms with van der Waals surface area (Å²) in [6.45, 7) is 10.0. The van der Waals surface area contributed by atoms with Crippen LogP contribution in [-0.2, 0) is 0 Å². The molecule has 0 aliphatic carbocycles. The molecule has 7 N–H and O–H groups in total. The molecule has 0 radical (unpaired) electrons. The van der Waals surface area contributed by atoms with Crippen LogP contribution in [0.1, 0.15) is 123 Å². The van der Waals surface area contributed by atoms with Gasteiger partial charge >= 0.3 is 0 Å².